The molecule has 14 heavy (non-hydrogen) atoms. The first-order chi connectivity index (χ1) is 6.90. The van der Waals surface area contributed by atoms with Crippen molar-refractivity contribution in [1.29, 1.82) is 0 Å². The number of rotatable bonds is 2. The second-order valence-corrected chi connectivity index (χ2v) is 3.60. The smallest absolute Gasteiger partial charge is 0.225 e. The molecule has 76 valence electrons. The van der Waals surface area contributed by atoms with Crippen molar-refractivity contribution in [3.05, 3.63) is 18.0 Å². The molecule has 1 aromatic heterocycles. The van der Waals surface area contributed by atoms with Crippen LogP contribution in [-0.2, 0) is 6.54 Å². The number of nitrogens with two attached hydrogens (primary N) is 1. The molecule has 0 atom stereocenters. The first-order valence-corrected chi connectivity index (χ1v) is 5.17. The standard InChI is InChI=1S/C10H16N4/c11-8-9-4-5-12-10(13-9)14-6-2-1-3-7-14/h4-5H,1-3,6-8,11H2. The largest absolute Gasteiger partial charge is 0.341 e. The molecule has 0 unspecified atom stereocenters. The van der Waals surface area contributed by atoms with Crippen molar-refractivity contribution in [1.82, 2.24) is 9.97 Å². The zero-order chi connectivity index (χ0) is 9.80. The van der Waals surface area contributed by atoms with Crippen molar-refractivity contribution in [2.24, 2.45) is 5.73 Å². The monoisotopic (exact) mass is 192 g/mol. The summed E-state index contributed by atoms with van der Waals surface area (Å²) < 4.78 is 0. The van der Waals surface area contributed by atoms with E-state index in [0.29, 0.717) is 6.54 Å². The van der Waals surface area contributed by atoms with Crippen molar-refractivity contribution < 1.29 is 0 Å². The van der Waals surface area contributed by atoms with Crippen LogP contribution in [0.5, 0.6) is 0 Å². The summed E-state index contributed by atoms with van der Waals surface area (Å²) in [5, 5.41) is 0. The van der Waals surface area contributed by atoms with Gasteiger partial charge in [0.15, 0.2) is 0 Å². The summed E-state index contributed by atoms with van der Waals surface area (Å²) >= 11 is 0. The molecule has 0 spiro atoms. The Kier molecular flexibility index (Phi) is 2.93. The van der Waals surface area contributed by atoms with Gasteiger partial charge in [-0.25, -0.2) is 9.97 Å². The Morgan fingerprint density at radius 2 is 2.07 bits per heavy atom. The Labute approximate surface area is 84.2 Å². The SMILES string of the molecule is NCc1ccnc(N2CCCCC2)n1. The Morgan fingerprint density at radius 3 is 2.79 bits per heavy atom. The average Bonchev–Trinajstić information content (AvgIpc) is 2.30. The highest BCUT2D eigenvalue weighted by atomic mass is 15.2. The molecule has 0 aliphatic carbocycles. The van der Waals surface area contributed by atoms with E-state index in [0.717, 1.165) is 24.7 Å². The van der Waals surface area contributed by atoms with Crippen molar-refractivity contribution in [3.8, 4) is 0 Å². The predicted molar refractivity (Wildman–Crippen MR) is 56.0 cm³/mol. The van der Waals surface area contributed by atoms with Crippen LogP contribution in [0.1, 0.15) is 25.0 Å². The van der Waals surface area contributed by atoms with Gasteiger partial charge in [-0.1, -0.05) is 0 Å². The lowest BCUT2D eigenvalue weighted by Crippen LogP contribution is -2.31. The van der Waals surface area contributed by atoms with Crippen molar-refractivity contribution in [2.75, 3.05) is 18.0 Å². The molecule has 1 aliphatic rings. The molecule has 0 radical (unpaired) electrons. The first-order valence-electron chi connectivity index (χ1n) is 5.17. The van der Waals surface area contributed by atoms with Crippen LogP contribution in [0.15, 0.2) is 12.3 Å². The van der Waals surface area contributed by atoms with E-state index in [1.54, 1.807) is 6.20 Å². The quantitative estimate of drug-likeness (QED) is 0.757. The Balaban J connectivity index is 2.13. The fourth-order valence-corrected chi connectivity index (χ4v) is 1.74. The molecule has 0 bridgehead atoms. The highest BCUT2D eigenvalue weighted by molar-refractivity contribution is 5.30. The van der Waals surface area contributed by atoms with Crippen LogP contribution in [0.2, 0.25) is 0 Å². The zero-order valence-electron chi connectivity index (χ0n) is 8.32. The van der Waals surface area contributed by atoms with E-state index in [-0.39, 0.29) is 0 Å². The van der Waals surface area contributed by atoms with Crippen LogP contribution < -0.4 is 10.6 Å². The van der Waals surface area contributed by atoms with E-state index in [1.807, 2.05) is 6.07 Å². The Morgan fingerprint density at radius 1 is 1.29 bits per heavy atom. The second-order valence-electron chi connectivity index (χ2n) is 3.60. The fraction of sp³-hybridized carbons (Fsp3) is 0.600. The summed E-state index contributed by atoms with van der Waals surface area (Å²) in [7, 11) is 0. The third-order valence-electron chi connectivity index (χ3n) is 2.55. The van der Waals surface area contributed by atoms with Gasteiger partial charge in [0.25, 0.3) is 0 Å². The molecule has 4 heteroatoms. The van der Waals surface area contributed by atoms with Crippen LogP contribution in [0, 0.1) is 0 Å². The molecule has 2 heterocycles. The molecule has 4 nitrogen and oxygen atoms in total. The highest BCUT2D eigenvalue weighted by Crippen LogP contribution is 2.14. The van der Waals surface area contributed by atoms with E-state index in [9.17, 15) is 0 Å². The molecule has 0 amide bonds. The molecule has 1 saturated heterocycles. The predicted octanol–water partition coefficient (Wildman–Crippen LogP) is 0.926. The molecule has 1 aromatic rings. The fourth-order valence-electron chi connectivity index (χ4n) is 1.74. The van der Waals surface area contributed by atoms with Crippen LogP contribution in [0.25, 0.3) is 0 Å². The van der Waals surface area contributed by atoms with Crippen molar-refractivity contribution >= 4 is 5.95 Å². The van der Waals surface area contributed by atoms with Gasteiger partial charge in [-0.15, -0.1) is 0 Å². The normalized spacial score (nSPS) is 17.1. The van der Waals surface area contributed by atoms with Crippen LogP contribution >= 0.6 is 0 Å². The second kappa shape index (κ2) is 4.37. The van der Waals surface area contributed by atoms with Gasteiger partial charge < -0.3 is 10.6 Å². The Hall–Kier alpha value is -1.16. The maximum atomic E-state index is 5.54. The van der Waals surface area contributed by atoms with E-state index in [1.165, 1.54) is 19.3 Å². The van der Waals surface area contributed by atoms with Gasteiger partial charge in [0, 0.05) is 25.8 Å². The van der Waals surface area contributed by atoms with Gasteiger partial charge in [0.2, 0.25) is 5.95 Å². The van der Waals surface area contributed by atoms with E-state index in [4.69, 9.17) is 5.73 Å². The topological polar surface area (TPSA) is 55.0 Å². The van der Waals surface area contributed by atoms with E-state index >= 15 is 0 Å². The number of piperidine rings is 1. The van der Waals surface area contributed by atoms with Crippen molar-refractivity contribution in [3.63, 3.8) is 0 Å². The van der Waals surface area contributed by atoms with Crippen LogP contribution in [0.3, 0.4) is 0 Å². The molecule has 0 aromatic carbocycles. The van der Waals surface area contributed by atoms with Crippen LogP contribution in [0.4, 0.5) is 5.95 Å². The van der Waals surface area contributed by atoms with Gasteiger partial charge >= 0.3 is 0 Å². The summed E-state index contributed by atoms with van der Waals surface area (Å²) in [6.45, 7) is 2.64. The number of hydrogen-bond donors (Lipinski definition) is 1. The minimum Gasteiger partial charge on any atom is -0.341 e. The van der Waals surface area contributed by atoms with Crippen molar-refractivity contribution in [2.45, 2.75) is 25.8 Å². The number of anilines is 1. The van der Waals surface area contributed by atoms with E-state index < -0.39 is 0 Å². The van der Waals surface area contributed by atoms with Crippen LogP contribution in [-0.4, -0.2) is 23.1 Å². The summed E-state index contributed by atoms with van der Waals surface area (Å²) in [4.78, 5) is 10.9. The molecule has 2 N–H and O–H groups in total. The lowest BCUT2D eigenvalue weighted by Gasteiger charge is -2.26. The maximum absolute atomic E-state index is 5.54. The number of nitrogens with zero attached hydrogens (tertiary/aromatic N) is 3. The third kappa shape index (κ3) is 2.01. The zero-order valence-corrected chi connectivity index (χ0v) is 8.32. The van der Waals surface area contributed by atoms with Gasteiger partial charge in [-0.05, 0) is 25.3 Å². The van der Waals surface area contributed by atoms with Gasteiger partial charge in [0.1, 0.15) is 0 Å². The summed E-state index contributed by atoms with van der Waals surface area (Å²) in [6.07, 6.45) is 5.61. The average molecular weight is 192 g/mol. The first kappa shape index (κ1) is 9.40. The number of aromatic nitrogens is 2. The lowest BCUT2D eigenvalue weighted by molar-refractivity contribution is 0.567. The summed E-state index contributed by atoms with van der Waals surface area (Å²) in [5.41, 5.74) is 6.46. The molecular weight excluding hydrogens is 176 g/mol. The van der Waals surface area contributed by atoms with Gasteiger partial charge in [-0.3, -0.25) is 0 Å². The summed E-state index contributed by atoms with van der Waals surface area (Å²) in [6, 6.07) is 1.87. The minimum absolute atomic E-state index is 0.489. The molecular formula is C10H16N4. The molecule has 1 fully saturated rings. The Bertz CT molecular complexity index is 294. The third-order valence-corrected chi connectivity index (χ3v) is 2.55. The van der Waals surface area contributed by atoms with Gasteiger partial charge in [-0.2, -0.15) is 0 Å². The molecule has 1 aliphatic heterocycles. The van der Waals surface area contributed by atoms with Gasteiger partial charge in [0.05, 0.1) is 5.69 Å². The highest BCUT2D eigenvalue weighted by Gasteiger charge is 2.12. The van der Waals surface area contributed by atoms with E-state index in [2.05, 4.69) is 14.9 Å². The maximum Gasteiger partial charge on any atom is 0.225 e. The lowest BCUT2D eigenvalue weighted by atomic mass is 10.1. The number of hydrogen-bond acceptors (Lipinski definition) is 4. The molecule has 2 rings (SSSR count). The summed E-state index contributed by atoms with van der Waals surface area (Å²) in [5.74, 6) is 0.840. The minimum atomic E-state index is 0.489. The molecule has 0 saturated carbocycles.